The molecule has 0 amide bonds. The summed E-state index contributed by atoms with van der Waals surface area (Å²) in [5.41, 5.74) is 0. The van der Waals surface area contributed by atoms with Crippen LogP contribution in [-0.4, -0.2) is 37.2 Å². The first kappa shape index (κ1) is 76.6. The zero-order chi connectivity index (χ0) is 57.1. The lowest BCUT2D eigenvalue weighted by atomic mass is 10.0. The molecule has 0 heterocycles. The van der Waals surface area contributed by atoms with Crippen LogP contribution >= 0.6 is 0 Å². The third-order valence-electron chi connectivity index (χ3n) is 16.1. The summed E-state index contributed by atoms with van der Waals surface area (Å²) in [5.74, 6) is -0.836. The third kappa shape index (κ3) is 66.3. The zero-order valence-corrected chi connectivity index (χ0v) is 53.4. The van der Waals surface area contributed by atoms with E-state index in [-0.39, 0.29) is 31.1 Å². The number of ether oxygens (including phenoxy) is 3. The molecule has 0 bridgehead atoms. The van der Waals surface area contributed by atoms with Gasteiger partial charge in [0.1, 0.15) is 13.2 Å². The molecule has 0 rings (SSSR count). The molecule has 0 aromatic carbocycles. The van der Waals surface area contributed by atoms with E-state index in [9.17, 15) is 14.4 Å². The summed E-state index contributed by atoms with van der Waals surface area (Å²) >= 11 is 0. The Hall–Kier alpha value is -2.37. The molecule has 0 aromatic heterocycles. The maximum absolute atomic E-state index is 12.9. The van der Waals surface area contributed by atoms with Crippen molar-refractivity contribution in [3.63, 3.8) is 0 Å². The van der Waals surface area contributed by atoms with Crippen LogP contribution in [0.1, 0.15) is 393 Å². The standard InChI is InChI=1S/C73H136O6/c1-4-7-10-13-16-19-22-25-27-29-31-33-34-35-36-37-38-39-40-41-43-44-46-48-51-54-57-60-63-66-72(75)78-69-70(68-77-71(74)65-62-59-56-53-50-24-21-18-15-12-9-6-3)79-73(76)67-64-61-58-55-52-49-47-45-42-32-30-28-26-23-20-17-14-11-8-5-2/h22,25,29,31,34-35,70H,4-21,23-24,26-28,30,32-33,36-69H2,1-3H3/b25-22-,31-29-,35-34-. The van der Waals surface area contributed by atoms with Crippen LogP contribution < -0.4 is 0 Å². The molecule has 79 heavy (non-hydrogen) atoms. The van der Waals surface area contributed by atoms with Gasteiger partial charge in [-0.05, 0) is 57.8 Å². The molecule has 464 valence electrons. The Morgan fingerprint density at radius 1 is 0.253 bits per heavy atom. The number of esters is 3. The molecular formula is C73H136O6. The highest BCUT2D eigenvalue weighted by atomic mass is 16.6. The van der Waals surface area contributed by atoms with Crippen molar-refractivity contribution in [2.75, 3.05) is 13.2 Å². The van der Waals surface area contributed by atoms with Gasteiger partial charge in [-0.3, -0.25) is 14.4 Å². The second kappa shape index (κ2) is 68.1. The molecule has 0 fully saturated rings. The average Bonchev–Trinajstić information content (AvgIpc) is 3.45. The van der Waals surface area contributed by atoms with Crippen LogP contribution in [0.3, 0.4) is 0 Å². The summed E-state index contributed by atoms with van der Waals surface area (Å²) in [4.78, 5) is 38.4. The molecule has 6 nitrogen and oxygen atoms in total. The second-order valence-electron chi connectivity index (χ2n) is 24.2. The predicted molar refractivity (Wildman–Crippen MR) is 344 cm³/mol. The van der Waals surface area contributed by atoms with Crippen LogP contribution in [0.25, 0.3) is 0 Å². The normalized spacial score (nSPS) is 12.2. The Morgan fingerprint density at radius 3 is 0.709 bits per heavy atom. The van der Waals surface area contributed by atoms with Crippen molar-refractivity contribution < 1.29 is 28.6 Å². The minimum Gasteiger partial charge on any atom is -0.462 e. The largest absolute Gasteiger partial charge is 0.462 e. The summed E-state index contributed by atoms with van der Waals surface area (Å²) in [6.07, 6.45) is 84.6. The molecule has 1 unspecified atom stereocenters. The molecule has 0 aliphatic rings. The molecule has 0 radical (unpaired) electrons. The van der Waals surface area contributed by atoms with E-state index in [2.05, 4.69) is 57.2 Å². The average molecular weight is 1110 g/mol. The number of carbonyl (C=O) groups excluding carboxylic acids is 3. The predicted octanol–water partition coefficient (Wildman–Crippen LogP) is 24.3. The lowest BCUT2D eigenvalue weighted by Crippen LogP contribution is -2.30. The van der Waals surface area contributed by atoms with Crippen LogP contribution in [0.15, 0.2) is 36.5 Å². The van der Waals surface area contributed by atoms with Gasteiger partial charge in [-0.2, -0.15) is 0 Å². The van der Waals surface area contributed by atoms with Gasteiger partial charge in [-0.25, -0.2) is 0 Å². The molecule has 0 aliphatic heterocycles. The zero-order valence-electron chi connectivity index (χ0n) is 53.4. The lowest BCUT2D eigenvalue weighted by Gasteiger charge is -2.18. The van der Waals surface area contributed by atoms with Gasteiger partial charge >= 0.3 is 17.9 Å². The molecule has 0 spiro atoms. The first-order chi connectivity index (χ1) is 39.0. The Bertz CT molecular complexity index is 1320. The van der Waals surface area contributed by atoms with Gasteiger partial charge in [0.25, 0.3) is 0 Å². The lowest BCUT2D eigenvalue weighted by molar-refractivity contribution is -0.167. The van der Waals surface area contributed by atoms with Crippen molar-refractivity contribution >= 4 is 17.9 Å². The van der Waals surface area contributed by atoms with Crippen molar-refractivity contribution in [1.82, 2.24) is 0 Å². The highest BCUT2D eigenvalue weighted by Crippen LogP contribution is 2.19. The van der Waals surface area contributed by atoms with Gasteiger partial charge in [-0.1, -0.05) is 353 Å². The number of carbonyl (C=O) groups is 3. The van der Waals surface area contributed by atoms with E-state index >= 15 is 0 Å². The van der Waals surface area contributed by atoms with E-state index in [0.717, 1.165) is 70.6 Å². The van der Waals surface area contributed by atoms with Crippen LogP contribution in [0, 0.1) is 0 Å². The number of hydrogen-bond acceptors (Lipinski definition) is 6. The van der Waals surface area contributed by atoms with E-state index in [0.29, 0.717) is 19.3 Å². The van der Waals surface area contributed by atoms with Gasteiger partial charge in [-0.15, -0.1) is 0 Å². The van der Waals surface area contributed by atoms with Gasteiger partial charge < -0.3 is 14.2 Å². The van der Waals surface area contributed by atoms with Crippen molar-refractivity contribution in [3.05, 3.63) is 36.5 Å². The quantitative estimate of drug-likeness (QED) is 0.0261. The molecule has 0 N–H and O–H groups in total. The van der Waals surface area contributed by atoms with Gasteiger partial charge in [0, 0.05) is 19.3 Å². The molecule has 0 aromatic rings. The van der Waals surface area contributed by atoms with Crippen molar-refractivity contribution in [1.29, 1.82) is 0 Å². The highest BCUT2D eigenvalue weighted by Gasteiger charge is 2.19. The molecule has 0 saturated heterocycles. The van der Waals surface area contributed by atoms with E-state index < -0.39 is 6.10 Å². The first-order valence-electron chi connectivity index (χ1n) is 35.5. The SMILES string of the molecule is CCCCCCC/C=C\C/C=C\C/C=C\CCCCCCCCCCCCCCCCC(=O)OCC(COC(=O)CCCCCCCCCCCCCC)OC(=O)CCCCCCCCCCCCCCCCCCCCCC. The number of allylic oxidation sites excluding steroid dienone is 6. The fourth-order valence-electron chi connectivity index (χ4n) is 10.8. The van der Waals surface area contributed by atoms with Crippen LogP contribution in [0.5, 0.6) is 0 Å². The van der Waals surface area contributed by atoms with Crippen LogP contribution in [0.2, 0.25) is 0 Å². The molecule has 0 aliphatic carbocycles. The van der Waals surface area contributed by atoms with Crippen LogP contribution in [0.4, 0.5) is 0 Å². The minimum atomic E-state index is -0.768. The smallest absolute Gasteiger partial charge is 0.306 e. The number of hydrogen-bond donors (Lipinski definition) is 0. The number of unbranched alkanes of at least 4 members (excludes halogenated alkanes) is 49. The summed E-state index contributed by atoms with van der Waals surface area (Å²) in [6, 6.07) is 0. The van der Waals surface area contributed by atoms with Crippen molar-refractivity contribution in [2.45, 2.75) is 399 Å². The summed E-state index contributed by atoms with van der Waals surface area (Å²) in [6.45, 7) is 6.70. The fourth-order valence-corrected chi connectivity index (χ4v) is 10.8. The first-order valence-corrected chi connectivity index (χ1v) is 35.5. The maximum Gasteiger partial charge on any atom is 0.306 e. The summed E-state index contributed by atoms with van der Waals surface area (Å²) in [5, 5.41) is 0. The Labute approximate surface area is 493 Å². The van der Waals surface area contributed by atoms with E-state index in [4.69, 9.17) is 14.2 Å². The van der Waals surface area contributed by atoms with Crippen molar-refractivity contribution in [2.24, 2.45) is 0 Å². The monoisotopic (exact) mass is 1110 g/mol. The second-order valence-corrected chi connectivity index (χ2v) is 24.2. The minimum absolute atomic E-state index is 0.0653. The van der Waals surface area contributed by atoms with Gasteiger partial charge in [0.05, 0.1) is 0 Å². The summed E-state index contributed by atoms with van der Waals surface area (Å²) < 4.78 is 17.0. The number of rotatable bonds is 66. The Balaban J connectivity index is 4.18. The Kier molecular flexibility index (Phi) is 66.1. The maximum atomic E-state index is 12.9. The van der Waals surface area contributed by atoms with E-state index in [1.807, 2.05) is 0 Å². The molecule has 1 atom stereocenters. The van der Waals surface area contributed by atoms with Crippen molar-refractivity contribution in [3.8, 4) is 0 Å². The molecular weight excluding hydrogens is 973 g/mol. The van der Waals surface area contributed by atoms with Crippen LogP contribution in [-0.2, 0) is 28.6 Å². The molecule has 6 heteroatoms. The summed E-state index contributed by atoms with van der Waals surface area (Å²) in [7, 11) is 0. The highest BCUT2D eigenvalue weighted by molar-refractivity contribution is 5.71. The van der Waals surface area contributed by atoms with Gasteiger partial charge in [0.2, 0.25) is 0 Å². The van der Waals surface area contributed by atoms with Gasteiger partial charge in [0.15, 0.2) is 6.10 Å². The fraction of sp³-hybridized carbons (Fsp3) is 0.877. The Morgan fingerprint density at radius 2 is 0.456 bits per heavy atom. The topological polar surface area (TPSA) is 78.9 Å². The van der Waals surface area contributed by atoms with E-state index in [1.165, 1.54) is 283 Å². The third-order valence-corrected chi connectivity index (χ3v) is 16.1. The molecule has 0 saturated carbocycles. The van der Waals surface area contributed by atoms with E-state index in [1.54, 1.807) is 0 Å².